The number of Topliss-reactive ketones (excluding diaryl/α,β-unsaturated/α-hetero) is 1. The number of hydrogen-bond donors (Lipinski definition) is 0. The van der Waals surface area contributed by atoms with Crippen LogP contribution < -0.4 is 0 Å². The van der Waals surface area contributed by atoms with E-state index in [0.717, 1.165) is 17.8 Å². The van der Waals surface area contributed by atoms with E-state index in [0.29, 0.717) is 23.0 Å². The molecule has 0 amide bonds. The predicted molar refractivity (Wildman–Crippen MR) is 95.0 cm³/mol. The van der Waals surface area contributed by atoms with Gasteiger partial charge in [0.15, 0.2) is 0 Å². The molecular formula is C22H34O. The number of hydrogen-bond acceptors (Lipinski definition) is 1. The third kappa shape index (κ3) is 2.07. The quantitative estimate of drug-likeness (QED) is 0.560. The van der Waals surface area contributed by atoms with E-state index in [1.165, 1.54) is 51.4 Å². The highest BCUT2D eigenvalue weighted by molar-refractivity contribution is 5.80. The van der Waals surface area contributed by atoms with Crippen LogP contribution in [0.1, 0.15) is 79.1 Å². The van der Waals surface area contributed by atoms with Crippen molar-refractivity contribution in [2.24, 2.45) is 40.4 Å². The maximum absolute atomic E-state index is 12.4. The Balaban J connectivity index is 1.70. The third-order valence-corrected chi connectivity index (χ3v) is 8.80. The maximum atomic E-state index is 12.4. The first-order valence-electron chi connectivity index (χ1n) is 10.1. The fraction of sp³-hybridized carbons (Fsp3) is 0.864. The molecule has 1 heteroatoms. The number of carbonyl (C=O) groups is 1. The first kappa shape index (κ1) is 15.9. The largest absolute Gasteiger partial charge is 0.300 e. The smallest absolute Gasteiger partial charge is 0.133 e. The van der Waals surface area contributed by atoms with Gasteiger partial charge in [-0.2, -0.15) is 0 Å². The second-order valence-corrected chi connectivity index (χ2v) is 9.81. The van der Waals surface area contributed by atoms with Gasteiger partial charge in [-0.3, -0.25) is 4.79 Å². The van der Waals surface area contributed by atoms with E-state index in [1.54, 1.807) is 5.57 Å². The molecule has 4 aliphatic carbocycles. The van der Waals surface area contributed by atoms with E-state index < -0.39 is 0 Å². The van der Waals surface area contributed by atoms with Crippen LogP contribution in [-0.2, 0) is 4.79 Å². The van der Waals surface area contributed by atoms with Crippen LogP contribution in [0, 0.1) is 40.4 Å². The summed E-state index contributed by atoms with van der Waals surface area (Å²) in [5.41, 5.74) is 2.56. The molecule has 0 aromatic heterocycles. The topological polar surface area (TPSA) is 17.1 Å². The number of fused-ring (bicyclic) bond motifs is 5. The monoisotopic (exact) mass is 314 g/mol. The zero-order chi connectivity index (χ0) is 16.4. The highest BCUT2D eigenvalue weighted by atomic mass is 16.1. The molecule has 0 spiro atoms. The van der Waals surface area contributed by atoms with Crippen molar-refractivity contribution in [3.8, 4) is 0 Å². The molecule has 0 aliphatic heterocycles. The highest BCUT2D eigenvalue weighted by Gasteiger charge is 2.60. The molecule has 23 heavy (non-hydrogen) atoms. The van der Waals surface area contributed by atoms with Gasteiger partial charge in [0.05, 0.1) is 0 Å². The second-order valence-electron chi connectivity index (χ2n) is 9.81. The Labute approximate surface area is 142 Å². The summed E-state index contributed by atoms with van der Waals surface area (Å²) in [7, 11) is 0. The Bertz CT molecular complexity index is 546. The lowest BCUT2D eigenvalue weighted by Gasteiger charge is -2.57. The zero-order valence-corrected chi connectivity index (χ0v) is 15.5. The summed E-state index contributed by atoms with van der Waals surface area (Å²) < 4.78 is 0. The van der Waals surface area contributed by atoms with Gasteiger partial charge in [-0.1, -0.05) is 38.8 Å². The van der Waals surface area contributed by atoms with Gasteiger partial charge in [0.25, 0.3) is 0 Å². The van der Waals surface area contributed by atoms with Crippen molar-refractivity contribution < 1.29 is 4.79 Å². The van der Waals surface area contributed by atoms with Crippen LogP contribution in [-0.4, -0.2) is 5.78 Å². The van der Waals surface area contributed by atoms with Crippen LogP contribution in [0.15, 0.2) is 11.6 Å². The molecule has 4 aliphatic rings. The van der Waals surface area contributed by atoms with Gasteiger partial charge in [-0.15, -0.1) is 0 Å². The van der Waals surface area contributed by atoms with Crippen LogP contribution in [0.3, 0.4) is 0 Å². The van der Waals surface area contributed by atoms with Gasteiger partial charge in [0.2, 0.25) is 0 Å². The standard InChI is InChI=1S/C22H34O/c1-14-13-19-17-9-8-16-7-5-6-11-21(16,3)18(17)10-12-22(19,4)20(14)15(2)23/h8,14,17-20H,5-7,9-13H2,1-4H3. The van der Waals surface area contributed by atoms with Crippen molar-refractivity contribution in [3.63, 3.8) is 0 Å². The molecule has 0 saturated heterocycles. The lowest BCUT2D eigenvalue weighted by Crippen LogP contribution is -2.50. The second kappa shape index (κ2) is 5.20. The Morgan fingerprint density at radius 3 is 2.70 bits per heavy atom. The van der Waals surface area contributed by atoms with Gasteiger partial charge in [0.1, 0.15) is 5.78 Å². The summed E-state index contributed by atoms with van der Waals surface area (Å²) in [5.74, 6) is 3.87. The molecule has 0 aromatic carbocycles. The summed E-state index contributed by atoms with van der Waals surface area (Å²) in [6.07, 6.45) is 13.5. The normalized spacial score (nSPS) is 52.2. The lowest BCUT2D eigenvalue weighted by atomic mass is 9.47. The van der Waals surface area contributed by atoms with Crippen molar-refractivity contribution in [2.75, 3.05) is 0 Å². The Morgan fingerprint density at radius 1 is 1.17 bits per heavy atom. The van der Waals surface area contributed by atoms with E-state index in [2.05, 4.69) is 26.8 Å². The average molecular weight is 315 g/mol. The predicted octanol–water partition coefficient (Wildman–Crippen LogP) is 5.79. The fourth-order valence-corrected chi connectivity index (χ4v) is 7.93. The molecule has 0 N–H and O–H groups in total. The van der Waals surface area contributed by atoms with Gasteiger partial charge in [-0.25, -0.2) is 0 Å². The molecule has 4 rings (SSSR count). The number of allylic oxidation sites excluding steroid dienone is 2. The van der Waals surface area contributed by atoms with E-state index in [1.807, 2.05) is 6.92 Å². The Kier molecular flexibility index (Phi) is 3.60. The lowest BCUT2D eigenvalue weighted by molar-refractivity contribution is -0.128. The Hall–Kier alpha value is -0.590. The summed E-state index contributed by atoms with van der Waals surface area (Å²) in [5, 5.41) is 0. The molecule has 7 atom stereocenters. The zero-order valence-electron chi connectivity index (χ0n) is 15.5. The van der Waals surface area contributed by atoms with Crippen molar-refractivity contribution >= 4 is 5.78 Å². The molecule has 3 fully saturated rings. The average Bonchev–Trinajstić information content (AvgIpc) is 2.77. The van der Waals surface area contributed by atoms with Crippen molar-refractivity contribution in [1.29, 1.82) is 0 Å². The molecule has 1 nitrogen and oxygen atoms in total. The van der Waals surface area contributed by atoms with E-state index in [9.17, 15) is 4.79 Å². The van der Waals surface area contributed by atoms with Crippen LogP contribution >= 0.6 is 0 Å². The van der Waals surface area contributed by atoms with Crippen LogP contribution in [0.25, 0.3) is 0 Å². The minimum Gasteiger partial charge on any atom is -0.300 e. The third-order valence-electron chi connectivity index (χ3n) is 8.80. The first-order valence-corrected chi connectivity index (χ1v) is 10.1. The minimum absolute atomic E-state index is 0.281. The molecule has 3 saturated carbocycles. The number of carbonyl (C=O) groups excluding carboxylic acids is 1. The number of ketones is 1. The van der Waals surface area contributed by atoms with E-state index in [4.69, 9.17) is 0 Å². The number of rotatable bonds is 1. The summed E-state index contributed by atoms with van der Waals surface area (Å²) >= 11 is 0. The maximum Gasteiger partial charge on any atom is 0.133 e. The molecule has 7 unspecified atom stereocenters. The van der Waals surface area contributed by atoms with Gasteiger partial charge >= 0.3 is 0 Å². The molecule has 0 radical (unpaired) electrons. The van der Waals surface area contributed by atoms with Crippen molar-refractivity contribution in [2.45, 2.75) is 79.1 Å². The SMILES string of the molecule is CC(=O)C1C(C)CC2C3CC=C4CCCCC4(C)C3CCC21C. The van der Waals surface area contributed by atoms with E-state index >= 15 is 0 Å². The van der Waals surface area contributed by atoms with E-state index in [-0.39, 0.29) is 5.41 Å². The highest BCUT2D eigenvalue weighted by Crippen LogP contribution is 2.67. The van der Waals surface area contributed by atoms with Crippen LogP contribution in [0.2, 0.25) is 0 Å². The summed E-state index contributed by atoms with van der Waals surface area (Å²) in [6, 6.07) is 0. The van der Waals surface area contributed by atoms with Crippen LogP contribution in [0.5, 0.6) is 0 Å². The molecule has 128 valence electrons. The fourth-order valence-electron chi connectivity index (χ4n) is 7.93. The first-order chi connectivity index (χ1) is 10.9. The summed E-state index contributed by atoms with van der Waals surface area (Å²) in [4.78, 5) is 12.4. The van der Waals surface area contributed by atoms with Crippen molar-refractivity contribution in [1.82, 2.24) is 0 Å². The van der Waals surface area contributed by atoms with Crippen LogP contribution in [0.4, 0.5) is 0 Å². The van der Waals surface area contributed by atoms with Gasteiger partial charge in [0, 0.05) is 5.92 Å². The molecular weight excluding hydrogens is 280 g/mol. The Morgan fingerprint density at radius 2 is 1.96 bits per heavy atom. The molecule has 0 bridgehead atoms. The molecule has 0 aromatic rings. The minimum atomic E-state index is 0.281. The summed E-state index contributed by atoms with van der Waals surface area (Å²) in [6.45, 7) is 9.24. The van der Waals surface area contributed by atoms with Crippen molar-refractivity contribution in [3.05, 3.63) is 11.6 Å². The van der Waals surface area contributed by atoms with Gasteiger partial charge < -0.3 is 0 Å². The molecule has 0 heterocycles. The van der Waals surface area contributed by atoms with Gasteiger partial charge in [-0.05, 0) is 86.4 Å².